The van der Waals surface area contributed by atoms with E-state index in [4.69, 9.17) is 4.74 Å². The van der Waals surface area contributed by atoms with Crippen LogP contribution in [0.5, 0.6) is 5.75 Å². The summed E-state index contributed by atoms with van der Waals surface area (Å²) < 4.78 is 5.60. The summed E-state index contributed by atoms with van der Waals surface area (Å²) in [7, 11) is 0. The molecule has 0 bridgehead atoms. The second kappa shape index (κ2) is 6.48. The van der Waals surface area contributed by atoms with Gasteiger partial charge in [0.15, 0.2) is 0 Å². The topological polar surface area (TPSA) is 46.6 Å². The van der Waals surface area contributed by atoms with Crippen LogP contribution in [-0.4, -0.2) is 18.4 Å². The lowest BCUT2D eigenvalue weighted by atomic mass is 10.1. The van der Waals surface area contributed by atoms with Gasteiger partial charge in [0.1, 0.15) is 5.75 Å². The first-order valence-electron chi connectivity index (χ1n) is 8.11. The number of hydrogen-bond donors (Lipinski definition) is 0. The van der Waals surface area contributed by atoms with Crippen molar-refractivity contribution in [2.24, 2.45) is 5.92 Å². The van der Waals surface area contributed by atoms with Gasteiger partial charge < -0.3 is 9.64 Å². The fraction of sp³-hybridized carbons (Fsp3) is 0.300. The number of esters is 1. The van der Waals surface area contributed by atoms with E-state index in [1.54, 1.807) is 4.90 Å². The van der Waals surface area contributed by atoms with Crippen molar-refractivity contribution >= 4 is 17.6 Å². The van der Waals surface area contributed by atoms with Crippen LogP contribution in [-0.2, 0) is 9.59 Å². The third-order valence-corrected chi connectivity index (χ3v) is 4.48. The number of rotatable bonds is 3. The van der Waals surface area contributed by atoms with E-state index in [0.29, 0.717) is 12.3 Å². The second-order valence-electron chi connectivity index (χ2n) is 6.33. The Labute approximate surface area is 142 Å². The van der Waals surface area contributed by atoms with Gasteiger partial charge in [0.05, 0.1) is 5.92 Å². The predicted molar refractivity (Wildman–Crippen MR) is 93.2 cm³/mol. The highest BCUT2D eigenvalue weighted by molar-refractivity contribution is 6.00. The molecule has 124 valence electrons. The number of nitrogens with zero attached hydrogens (tertiary/aromatic N) is 1. The molecule has 0 saturated carbocycles. The molecule has 1 saturated heterocycles. The molecular weight excluding hydrogens is 302 g/mol. The Kier molecular flexibility index (Phi) is 4.38. The Bertz CT molecular complexity index is 777. The van der Waals surface area contributed by atoms with Gasteiger partial charge in [-0.25, -0.2) is 0 Å². The molecular formula is C20H21NO3. The van der Waals surface area contributed by atoms with Gasteiger partial charge in [-0.05, 0) is 43.5 Å². The van der Waals surface area contributed by atoms with Crippen molar-refractivity contribution in [1.29, 1.82) is 0 Å². The molecule has 1 aliphatic rings. The second-order valence-corrected chi connectivity index (χ2v) is 6.33. The number of carbonyl (C=O) groups excluding carboxylic acids is 2. The summed E-state index contributed by atoms with van der Waals surface area (Å²) in [6.45, 7) is 6.16. The quantitative estimate of drug-likeness (QED) is 0.641. The summed E-state index contributed by atoms with van der Waals surface area (Å²) in [4.78, 5) is 26.6. The summed E-state index contributed by atoms with van der Waals surface area (Å²) >= 11 is 0. The highest BCUT2D eigenvalue weighted by Crippen LogP contribution is 2.30. The van der Waals surface area contributed by atoms with Crippen molar-refractivity contribution in [2.75, 3.05) is 11.4 Å². The predicted octanol–water partition coefficient (Wildman–Crippen LogP) is 3.57. The highest BCUT2D eigenvalue weighted by atomic mass is 16.5. The zero-order chi connectivity index (χ0) is 17.3. The maximum atomic E-state index is 12.5. The number of aryl methyl sites for hydroxylation is 3. The minimum absolute atomic E-state index is 0.0345. The maximum Gasteiger partial charge on any atom is 0.316 e. The van der Waals surface area contributed by atoms with E-state index in [-0.39, 0.29) is 18.3 Å². The zero-order valence-electron chi connectivity index (χ0n) is 14.2. The van der Waals surface area contributed by atoms with Crippen molar-refractivity contribution in [1.82, 2.24) is 0 Å². The fourth-order valence-corrected chi connectivity index (χ4v) is 3.11. The van der Waals surface area contributed by atoms with Crippen molar-refractivity contribution in [2.45, 2.75) is 27.2 Å². The molecule has 0 unspecified atom stereocenters. The van der Waals surface area contributed by atoms with Gasteiger partial charge in [-0.3, -0.25) is 9.59 Å². The van der Waals surface area contributed by atoms with Crippen LogP contribution >= 0.6 is 0 Å². The van der Waals surface area contributed by atoms with Gasteiger partial charge in [0.25, 0.3) is 0 Å². The van der Waals surface area contributed by atoms with Gasteiger partial charge in [-0.2, -0.15) is 0 Å². The van der Waals surface area contributed by atoms with Crippen LogP contribution in [0.25, 0.3) is 0 Å². The lowest BCUT2D eigenvalue weighted by molar-refractivity contribution is -0.139. The van der Waals surface area contributed by atoms with Gasteiger partial charge in [-0.15, -0.1) is 0 Å². The Hall–Kier alpha value is -2.62. The molecule has 1 fully saturated rings. The van der Waals surface area contributed by atoms with E-state index in [2.05, 4.69) is 0 Å². The Morgan fingerprint density at radius 2 is 1.62 bits per heavy atom. The van der Waals surface area contributed by atoms with Crippen LogP contribution in [0.15, 0.2) is 42.5 Å². The maximum absolute atomic E-state index is 12.5. The van der Waals surface area contributed by atoms with E-state index in [0.717, 1.165) is 22.4 Å². The van der Waals surface area contributed by atoms with Crippen molar-refractivity contribution in [3.63, 3.8) is 0 Å². The van der Waals surface area contributed by atoms with Crippen LogP contribution in [0, 0.1) is 26.7 Å². The zero-order valence-corrected chi connectivity index (χ0v) is 14.2. The van der Waals surface area contributed by atoms with E-state index >= 15 is 0 Å². The van der Waals surface area contributed by atoms with Gasteiger partial charge >= 0.3 is 5.97 Å². The van der Waals surface area contributed by atoms with Crippen molar-refractivity contribution < 1.29 is 14.3 Å². The van der Waals surface area contributed by atoms with Gasteiger partial charge in [0.2, 0.25) is 5.91 Å². The summed E-state index contributed by atoms with van der Waals surface area (Å²) in [5.41, 5.74) is 3.73. The van der Waals surface area contributed by atoms with Crippen LogP contribution in [0.3, 0.4) is 0 Å². The molecule has 3 rings (SSSR count). The minimum Gasteiger partial charge on any atom is -0.426 e. The third-order valence-electron chi connectivity index (χ3n) is 4.48. The van der Waals surface area contributed by atoms with E-state index in [1.165, 1.54) is 0 Å². The van der Waals surface area contributed by atoms with Crippen molar-refractivity contribution in [3.05, 3.63) is 59.2 Å². The SMILES string of the molecule is Cc1ccccc1N1C[C@H](C(=O)Oc2c(C)cccc2C)CC1=O. The number of para-hydroxylation sites is 2. The van der Waals surface area contributed by atoms with E-state index < -0.39 is 5.92 Å². The summed E-state index contributed by atoms with van der Waals surface area (Å²) in [6, 6.07) is 13.5. The average Bonchev–Trinajstić information content (AvgIpc) is 2.93. The molecule has 0 N–H and O–H groups in total. The smallest absolute Gasteiger partial charge is 0.316 e. The lowest BCUT2D eigenvalue weighted by Crippen LogP contribution is -2.28. The first-order valence-corrected chi connectivity index (χ1v) is 8.11. The first-order chi connectivity index (χ1) is 11.5. The molecule has 1 atom stereocenters. The lowest BCUT2D eigenvalue weighted by Gasteiger charge is -2.19. The Morgan fingerprint density at radius 3 is 2.29 bits per heavy atom. The van der Waals surface area contributed by atoms with Crippen LogP contribution in [0.2, 0.25) is 0 Å². The van der Waals surface area contributed by atoms with E-state index in [1.807, 2.05) is 63.2 Å². The summed E-state index contributed by atoms with van der Waals surface area (Å²) in [5.74, 6) is -0.204. The molecule has 24 heavy (non-hydrogen) atoms. The average molecular weight is 323 g/mol. The number of benzene rings is 2. The molecule has 0 aliphatic carbocycles. The molecule has 4 heteroatoms. The molecule has 0 radical (unpaired) electrons. The molecule has 0 aromatic heterocycles. The standard InChI is InChI=1S/C20H21NO3/c1-13-7-4-5-10-17(13)21-12-16(11-18(21)22)20(23)24-19-14(2)8-6-9-15(19)3/h4-10,16H,11-12H2,1-3H3/t16-/m1/s1. The Balaban J connectivity index is 1.76. The van der Waals surface area contributed by atoms with Gasteiger partial charge in [-0.1, -0.05) is 36.4 Å². The van der Waals surface area contributed by atoms with Crippen LogP contribution in [0.4, 0.5) is 5.69 Å². The van der Waals surface area contributed by atoms with Crippen LogP contribution < -0.4 is 9.64 Å². The summed E-state index contributed by atoms with van der Waals surface area (Å²) in [5, 5.41) is 0. The first kappa shape index (κ1) is 16.2. The molecule has 4 nitrogen and oxygen atoms in total. The fourth-order valence-electron chi connectivity index (χ4n) is 3.11. The molecule has 2 aromatic carbocycles. The van der Waals surface area contributed by atoms with Crippen molar-refractivity contribution in [3.8, 4) is 5.75 Å². The molecule has 1 amide bonds. The molecule has 0 spiro atoms. The monoisotopic (exact) mass is 323 g/mol. The largest absolute Gasteiger partial charge is 0.426 e. The molecule has 1 aliphatic heterocycles. The molecule has 2 aromatic rings. The number of anilines is 1. The molecule has 1 heterocycles. The Morgan fingerprint density at radius 1 is 1.00 bits per heavy atom. The van der Waals surface area contributed by atoms with E-state index in [9.17, 15) is 9.59 Å². The number of hydrogen-bond acceptors (Lipinski definition) is 3. The third kappa shape index (κ3) is 3.04. The number of carbonyl (C=O) groups is 2. The highest BCUT2D eigenvalue weighted by Gasteiger charge is 2.37. The van der Waals surface area contributed by atoms with Gasteiger partial charge in [0, 0.05) is 18.7 Å². The van der Waals surface area contributed by atoms with Crippen LogP contribution in [0.1, 0.15) is 23.1 Å². The number of ether oxygens (including phenoxy) is 1. The number of amides is 1. The minimum atomic E-state index is -0.434. The summed E-state index contributed by atoms with van der Waals surface area (Å²) in [6.07, 6.45) is 0.193. The normalized spacial score (nSPS) is 17.2.